The second-order valence-electron chi connectivity index (χ2n) is 9.71. The quantitative estimate of drug-likeness (QED) is 0.487. The Hall–Kier alpha value is -2.28. The molecule has 5 rings (SSSR count). The molecule has 2 unspecified atom stereocenters. The van der Waals surface area contributed by atoms with Crippen LogP contribution >= 0.6 is 23.2 Å². The van der Waals surface area contributed by atoms with Crippen molar-refractivity contribution in [3.63, 3.8) is 0 Å². The average Bonchev–Trinajstić information content (AvgIpc) is 3.31. The molecule has 0 spiro atoms. The summed E-state index contributed by atoms with van der Waals surface area (Å²) in [6.07, 6.45) is 6.07. The summed E-state index contributed by atoms with van der Waals surface area (Å²) in [5.41, 5.74) is 4.19. The molecule has 0 aliphatic carbocycles. The molecule has 186 valence electrons. The third-order valence-corrected chi connectivity index (χ3v) is 8.16. The van der Waals surface area contributed by atoms with Gasteiger partial charge in [-0.15, -0.1) is 0 Å². The van der Waals surface area contributed by atoms with Crippen LogP contribution in [0.3, 0.4) is 0 Å². The minimum absolute atomic E-state index is 0.0147. The summed E-state index contributed by atoms with van der Waals surface area (Å²) >= 11 is 12.6. The van der Waals surface area contributed by atoms with Crippen LogP contribution in [-0.2, 0) is 4.79 Å². The van der Waals surface area contributed by atoms with E-state index in [1.807, 2.05) is 18.5 Å². The van der Waals surface area contributed by atoms with Gasteiger partial charge in [-0.05, 0) is 68.6 Å². The first-order valence-corrected chi connectivity index (χ1v) is 13.4. The predicted molar refractivity (Wildman–Crippen MR) is 144 cm³/mol. The molecule has 3 heterocycles. The minimum Gasteiger partial charge on any atom is -0.368 e. The fourth-order valence-corrected chi connectivity index (χ4v) is 6.07. The number of aromatic nitrogens is 2. The maximum absolute atomic E-state index is 13.2. The molecule has 1 amide bonds. The van der Waals surface area contributed by atoms with Crippen molar-refractivity contribution >= 4 is 45.8 Å². The number of amides is 1. The van der Waals surface area contributed by atoms with E-state index in [2.05, 4.69) is 56.7 Å². The van der Waals surface area contributed by atoms with E-state index in [9.17, 15) is 4.79 Å². The molecule has 3 atom stereocenters. The van der Waals surface area contributed by atoms with E-state index < -0.39 is 0 Å². The van der Waals surface area contributed by atoms with E-state index >= 15 is 0 Å². The monoisotopic (exact) mass is 513 g/mol. The number of hydrogen-bond donors (Lipinski definition) is 1. The van der Waals surface area contributed by atoms with Gasteiger partial charge >= 0.3 is 0 Å². The number of imidazole rings is 1. The van der Waals surface area contributed by atoms with Crippen LogP contribution < -0.4 is 10.2 Å². The third kappa shape index (κ3) is 4.89. The molecule has 2 aliphatic heterocycles. The number of piperidine rings is 1. The van der Waals surface area contributed by atoms with Crippen LogP contribution in [-0.4, -0.2) is 58.6 Å². The number of piperazine rings is 1. The lowest BCUT2D eigenvalue weighted by atomic mass is 10.0. The number of nitrogens with zero attached hydrogens (tertiary/aromatic N) is 4. The zero-order valence-corrected chi connectivity index (χ0v) is 21.9. The number of benzene rings is 2. The normalized spacial score (nSPS) is 21.9. The predicted octanol–water partition coefficient (Wildman–Crippen LogP) is 5.52. The summed E-state index contributed by atoms with van der Waals surface area (Å²) in [4.78, 5) is 22.4. The van der Waals surface area contributed by atoms with Crippen molar-refractivity contribution in [1.82, 2.24) is 19.8 Å². The van der Waals surface area contributed by atoms with Gasteiger partial charge < -0.3 is 19.7 Å². The Morgan fingerprint density at radius 3 is 2.77 bits per heavy atom. The number of hydrogen-bond acceptors (Lipinski definition) is 4. The Kier molecular flexibility index (Phi) is 7.24. The molecule has 35 heavy (non-hydrogen) atoms. The van der Waals surface area contributed by atoms with Gasteiger partial charge in [0.2, 0.25) is 5.91 Å². The molecule has 2 aliphatic rings. The van der Waals surface area contributed by atoms with Crippen LogP contribution in [0.25, 0.3) is 11.0 Å². The molecule has 3 aromatic rings. The number of nitrogens with one attached hydrogen (secondary N) is 1. The summed E-state index contributed by atoms with van der Waals surface area (Å²) in [5, 5.41) is 4.71. The van der Waals surface area contributed by atoms with Gasteiger partial charge in [0.1, 0.15) is 0 Å². The highest BCUT2D eigenvalue weighted by atomic mass is 35.5. The number of carbonyl (C=O) groups excluding carboxylic acids is 1. The van der Waals surface area contributed by atoms with E-state index in [-0.39, 0.29) is 24.0 Å². The molecule has 1 N–H and O–H groups in total. The number of anilines is 1. The Morgan fingerprint density at radius 1 is 1.17 bits per heavy atom. The molecule has 8 heteroatoms. The van der Waals surface area contributed by atoms with E-state index in [0.717, 1.165) is 74.1 Å². The first kappa shape index (κ1) is 24.4. The topological polar surface area (TPSA) is 53.4 Å². The first-order chi connectivity index (χ1) is 17.0. The summed E-state index contributed by atoms with van der Waals surface area (Å²) in [5.74, 6) is 0.276. The van der Waals surface area contributed by atoms with Gasteiger partial charge in [-0.25, -0.2) is 4.98 Å². The van der Waals surface area contributed by atoms with Crippen LogP contribution in [0.15, 0.2) is 42.7 Å². The largest absolute Gasteiger partial charge is 0.368 e. The van der Waals surface area contributed by atoms with Gasteiger partial charge in [0.05, 0.1) is 29.4 Å². The number of rotatable bonds is 5. The van der Waals surface area contributed by atoms with Crippen LogP contribution in [0.4, 0.5) is 5.69 Å². The molecule has 6 nitrogen and oxygen atoms in total. The fourth-order valence-electron chi connectivity index (χ4n) is 5.50. The van der Waals surface area contributed by atoms with Gasteiger partial charge in [-0.3, -0.25) is 4.79 Å². The molecule has 0 radical (unpaired) electrons. The SMILES string of the molecule is CC[C@@H]1CN(c2ccc3ncn(C(C)c4ccc(Cl)cc4Cl)c3c2)CCN1C(=O)C1CCCCN1. The highest BCUT2D eigenvalue weighted by Crippen LogP contribution is 2.32. The highest BCUT2D eigenvalue weighted by molar-refractivity contribution is 6.35. The lowest BCUT2D eigenvalue weighted by Crippen LogP contribution is -2.59. The molecule has 0 saturated carbocycles. The number of carbonyl (C=O) groups is 1. The van der Waals surface area contributed by atoms with E-state index in [1.165, 1.54) is 0 Å². The molecule has 2 aromatic carbocycles. The van der Waals surface area contributed by atoms with Crippen LogP contribution in [0.2, 0.25) is 10.0 Å². The summed E-state index contributed by atoms with van der Waals surface area (Å²) < 4.78 is 2.17. The van der Waals surface area contributed by atoms with E-state index in [4.69, 9.17) is 23.2 Å². The average molecular weight is 515 g/mol. The molecule has 2 fully saturated rings. The molecule has 1 aromatic heterocycles. The van der Waals surface area contributed by atoms with Crippen molar-refractivity contribution in [2.75, 3.05) is 31.1 Å². The van der Waals surface area contributed by atoms with Gasteiger partial charge in [-0.1, -0.05) is 42.6 Å². The third-order valence-electron chi connectivity index (χ3n) is 7.60. The van der Waals surface area contributed by atoms with Crippen LogP contribution in [0, 0.1) is 0 Å². The van der Waals surface area contributed by atoms with Crippen molar-refractivity contribution in [3.05, 3.63) is 58.3 Å². The van der Waals surface area contributed by atoms with Crippen molar-refractivity contribution in [1.29, 1.82) is 0 Å². The second-order valence-corrected chi connectivity index (χ2v) is 10.6. The Morgan fingerprint density at radius 2 is 2.03 bits per heavy atom. The lowest BCUT2D eigenvalue weighted by molar-refractivity contribution is -0.136. The van der Waals surface area contributed by atoms with Gasteiger partial charge in [0.15, 0.2) is 0 Å². The smallest absolute Gasteiger partial charge is 0.240 e. The summed E-state index contributed by atoms with van der Waals surface area (Å²) in [6, 6.07) is 12.3. The molecular formula is C27H33Cl2N5O. The number of halogens is 2. The van der Waals surface area contributed by atoms with Gasteiger partial charge in [-0.2, -0.15) is 0 Å². The zero-order valence-electron chi connectivity index (χ0n) is 20.4. The second kappa shape index (κ2) is 10.4. The van der Waals surface area contributed by atoms with Crippen molar-refractivity contribution in [3.8, 4) is 0 Å². The lowest BCUT2D eigenvalue weighted by Gasteiger charge is -2.44. The van der Waals surface area contributed by atoms with Crippen LogP contribution in [0.1, 0.15) is 51.1 Å². The molecule has 2 saturated heterocycles. The van der Waals surface area contributed by atoms with Gasteiger partial charge in [0.25, 0.3) is 0 Å². The van der Waals surface area contributed by atoms with Crippen molar-refractivity contribution in [2.24, 2.45) is 0 Å². The Balaban J connectivity index is 1.37. The van der Waals surface area contributed by atoms with Crippen LogP contribution in [0.5, 0.6) is 0 Å². The van der Waals surface area contributed by atoms with E-state index in [1.54, 1.807) is 6.07 Å². The maximum atomic E-state index is 13.2. The minimum atomic E-state index is -0.0174. The number of fused-ring (bicyclic) bond motifs is 1. The zero-order chi connectivity index (χ0) is 24.5. The highest BCUT2D eigenvalue weighted by Gasteiger charge is 2.34. The summed E-state index contributed by atoms with van der Waals surface area (Å²) in [6.45, 7) is 7.67. The Labute approximate surface area is 217 Å². The van der Waals surface area contributed by atoms with Gasteiger partial charge in [0, 0.05) is 41.4 Å². The Bertz CT molecular complexity index is 1210. The molecular weight excluding hydrogens is 481 g/mol. The fraction of sp³-hybridized carbons (Fsp3) is 0.481. The van der Waals surface area contributed by atoms with Crippen molar-refractivity contribution < 1.29 is 4.79 Å². The van der Waals surface area contributed by atoms with E-state index in [0.29, 0.717) is 10.0 Å². The standard InChI is InChI=1S/C27H33Cl2N5O/c1-3-20-16-32(12-13-33(20)27(35)25-6-4-5-11-30-25)21-8-10-24-26(15-21)34(17-31-24)18(2)22-9-7-19(28)14-23(22)29/h7-10,14-15,17-18,20,25,30H,3-6,11-13,16H2,1-2H3/t18?,20-,25?/m1/s1. The first-order valence-electron chi connectivity index (χ1n) is 12.7. The summed E-state index contributed by atoms with van der Waals surface area (Å²) in [7, 11) is 0. The molecule has 0 bridgehead atoms. The van der Waals surface area contributed by atoms with Crippen molar-refractivity contribution in [2.45, 2.75) is 57.7 Å². The maximum Gasteiger partial charge on any atom is 0.240 e.